The fourth-order valence-electron chi connectivity index (χ4n) is 2.05. The number of likely N-dealkylation sites (N-methyl/N-ethyl adjacent to an activating group) is 1. The van der Waals surface area contributed by atoms with Gasteiger partial charge in [0.1, 0.15) is 0 Å². The molecular formula is C12H26N2. The number of hydrogen-bond acceptors (Lipinski definition) is 2. The highest BCUT2D eigenvalue weighted by Crippen LogP contribution is 2.33. The molecule has 0 amide bonds. The summed E-state index contributed by atoms with van der Waals surface area (Å²) in [5.41, 5.74) is 0.801. The average molecular weight is 198 g/mol. The van der Waals surface area contributed by atoms with Crippen molar-refractivity contribution in [1.82, 2.24) is 9.80 Å². The molecule has 84 valence electrons. The van der Waals surface area contributed by atoms with Crippen molar-refractivity contribution < 1.29 is 0 Å². The number of likely N-dealkylation sites (tertiary alicyclic amines) is 1. The number of rotatable bonds is 4. The first-order valence-corrected chi connectivity index (χ1v) is 5.82. The molecule has 0 aromatic carbocycles. The van der Waals surface area contributed by atoms with Crippen molar-refractivity contribution in [3.8, 4) is 0 Å². The van der Waals surface area contributed by atoms with Crippen LogP contribution in [0.25, 0.3) is 0 Å². The van der Waals surface area contributed by atoms with Gasteiger partial charge in [0.15, 0.2) is 0 Å². The third-order valence-electron chi connectivity index (χ3n) is 4.18. The Morgan fingerprint density at radius 1 is 1.29 bits per heavy atom. The molecule has 0 aliphatic carbocycles. The first kappa shape index (κ1) is 12.0. The summed E-state index contributed by atoms with van der Waals surface area (Å²) in [6.45, 7) is 15.2. The second kappa shape index (κ2) is 3.82. The number of nitrogens with zero attached hydrogens (tertiary/aromatic N) is 2. The molecule has 2 nitrogen and oxygen atoms in total. The molecule has 0 saturated carbocycles. The van der Waals surface area contributed by atoms with Crippen LogP contribution in [0.15, 0.2) is 0 Å². The van der Waals surface area contributed by atoms with Crippen LogP contribution in [0.5, 0.6) is 0 Å². The Labute approximate surface area is 89.3 Å². The Morgan fingerprint density at radius 2 is 1.79 bits per heavy atom. The summed E-state index contributed by atoms with van der Waals surface area (Å²) in [5, 5.41) is 0. The lowest BCUT2D eigenvalue weighted by atomic mass is 9.84. The predicted octanol–water partition coefficient (Wildman–Crippen LogP) is 2.20. The highest BCUT2D eigenvalue weighted by atomic mass is 15.4. The SMILES string of the molecule is CCN(C)C1(C)CN(C(C)(C)CC)C1. The minimum atomic E-state index is 0.383. The molecule has 1 aliphatic rings. The van der Waals surface area contributed by atoms with Gasteiger partial charge in [-0.2, -0.15) is 0 Å². The van der Waals surface area contributed by atoms with E-state index < -0.39 is 0 Å². The first-order chi connectivity index (χ1) is 6.35. The standard InChI is InChI=1S/C12H26N2/c1-7-11(3,4)14-9-12(5,10-14)13(6)8-2/h7-10H2,1-6H3. The maximum Gasteiger partial charge on any atom is 0.0432 e. The van der Waals surface area contributed by atoms with Crippen LogP contribution in [0.2, 0.25) is 0 Å². The smallest absolute Gasteiger partial charge is 0.0432 e. The van der Waals surface area contributed by atoms with Gasteiger partial charge in [0, 0.05) is 24.2 Å². The minimum Gasteiger partial charge on any atom is -0.299 e. The van der Waals surface area contributed by atoms with E-state index in [-0.39, 0.29) is 0 Å². The predicted molar refractivity (Wildman–Crippen MR) is 62.7 cm³/mol. The van der Waals surface area contributed by atoms with Crippen molar-refractivity contribution in [2.75, 3.05) is 26.7 Å². The van der Waals surface area contributed by atoms with Crippen LogP contribution in [0.4, 0.5) is 0 Å². The summed E-state index contributed by atoms with van der Waals surface area (Å²) in [5.74, 6) is 0. The summed E-state index contributed by atoms with van der Waals surface area (Å²) in [4.78, 5) is 5.06. The van der Waals surface area contributed by atoms with Crippen molar-refractivity contribution in [3.05, 3.63) is 0 Å². The zero-order valence-corrected chi connectivity index (χ0v) is 10.7. The fourth-order valence-corrected chi connectivity index (χ4v) is 2.05. The van der Waals surface area contributed by atoms with Crippen LogP contribution in [0.3, 0.4) is 0 Å². The van der Waals surface area contributed by atoms with Gasteiger partial charge in [0.2, 0.25) is 0 Å². The monoisotopic (exact) mass is 198 g/mol. The van der Waals surface area contributed by atoms with E-state index in [9.17, 15) is 0 Å². The Kier molecular flexibility index (Phi) is 3.27. The molecule has 0 radical (unpaired) electrons. The zero-order chi connectivity index (χ0) is 11.0. The van der Waals surface area contributed by atoms with E-state index in [1.54, 1.807) is 0 Å². The quantitative estimate of drug-likeness (QED) is 0.683. The lowest BCUT2D eigenvalue weighted by Gasteiger charge is -2.58. The normalized spacial score (nSPS) is 22.5. The molecular weight excluding hydrogens is 172 g/mol. The molecule has 0 aromatic rings. The molecule has 0 N–H and O–H groups in total. The molecule has 1 fully saturated rings. The van der Waals surface area contributed by atoms with E-state index in [0.29, 0.717) is 11.1 Å². The molecule has 1 aliphatic heterocycles. The van der Waals surface area contributed by atoms with Gasteiger partial charge in [-0.25, -0.2) is 0 Å². The van der Waals surface area contributed by atoms with Crippen molar-refractivity contribution in [3.63, 3.8) is 0 Å². The molecule has 0 aromatic heterocycles. The summed E-state index contributed by atoms with van der Waals surface area (Å²) in [6, 6.07) is 0. The summed E-state index contributed by atoms with van der Waals surface area (Å²) >= 11 is 0. The van der Waals surface area contributed by atoms with Gasteiger partial charge in [-0.1, -0.05) is 13.8 Å². The van der Waals surface area contributed by atoms with Crippen LogP contribution < -0.4 is 0 Å². The van der Waals surface area contributed by atoms with E-state index in [0.717, 1.165) is 6.54 Å². The van der Waals surface area contributed by atoms with Gasteiger partial charge in [0.05, 0.1) is 0 Å². The van der Waals surface area contributed by atoms with Crippen molar-refractivity contribution in [2.24, 2.45) is 0 Å². The van der Waals surface area contributed by atoms with Crippen LogP contribution in [0.1, 0.15) is 41.0 Å². The third kappa shape index (κ3) is 1.96. The average Bonchev–Trinajstić information content (AvgIpc) is 2.11. The van der Waals surface area contributed by atoms with Crippen molar-refractivity contribution >= 4 is 0 Å². The second-order valence-electron chi connectivity index (χ2n) is 5.53. The molecule has 1 heterocycles. The Bertz CT molecular complexity index is 192. The third-order valence-corrected chi connectivity index (χ3v) is 4.18. The summed E-state index contributed by atoms with van der Waals surface area (Å²) < 4.78 is 0. The highest BCUT2D eigenvalue weighted by molar-refractivity contribution is 5.04. The molecule has 14 heavy (non-hydrogen) atoms. The van der Waals surface area contributed by atoms with E-state index >= 15 is 0 Å². The van der Waals surface area contributed by atoms with E-state index in [2.05, 4.69) is 51.5 Å². The molecule has 2 heteroatoms. The van der Waals surface area contributed by atoms with Gasteiger partial charge in [0.25, 0.3) is 0 Å². The summed E-state index contributed by atoms with van der Waals surface area (Å²) in [6.07, 6.45) is 1.24. The molecule has 0 bridgehead atoms. The minimum absolute atomic E-state index is 0.383. The fraction of sp³-hybridized carbons (Fsp3) is 1.00. The van der Waals surface area contributed by atoms with Gasteiger partial charge < -0.3 is 0 Å². The number of hydrogen-bond donors (Lipinski definition) is 0. The largest absolute Gasteiger partial charge is 0.299 e. The van der Waals surface area contributed by atoms with E-state index in [1.165, 1.54) is 19.5 Å². The van der Waals surface area contributed by atoms with Gasteiger partial charge in [-0.05, 0) is 40.8 Å². The van der Waals surface area contributed by atoms with Crippen LogP contribution in [0, 0.1) is 0 Å². The maximum absolute atomic E-state index is 2.60. The molecule has 0 atom stereocenters. The zero-order valence-electron chi connectivity index (χ0n) is 10.7. The maximum atomic E-state index is 2.60. The Hall–Kier alpha value is -0.0800. The molecule has 1 rings (SSSR count). The van der Waals surface area contributed by atoms with Crippen molar-refractivity contribution in [2.45, 2.75) is 52.1 Å². The van der Waals surface area contributed by atoms with Crippen LogP contribution >= 0.6 is 0 Å². The van der Waals surface area contributed by atoms with Gasteiger partial charge in [-0.15, -0.1) is 0 Å². The Balaban J connectivity index is 2.50. The molecule has 0 spiro atoms. The van der Waals surface area contributed by atoms with Crippen molar-refractivity contribution in [1.29, 1.82) is 0 Å². The topological polar surface area (TPSA) is 6.48 Å². The van der Waals surface area contributed by atoms with Crippen LogP contribution in [-0.2, 0) is 0 Å². The molecule has 1 saturated heterocycles. The summed E-state index contributed by atoms with van der Waals surface area (Å²) in [7, 11) is 2.23. The Morgan fingerprint density at radius 3 is 2.14 bits per heavy atom. The van der Waals surface area contributed by atoms with Gasteiger partial charge >= 0.3 is 0 Å². The lowest BCUT2D eigenvalue weighted by Crippen LogP contribution is -2.71. The van der Waals surface area contributed by atoms with Gasteiger partial charge in [-0.3, -0.25) is 9.80 Å². The van der Waals surface area contributed by atoms with E-state index in [1.807, 2.05) is 0 Å². The highest BCUT2D eigenvalue weighted by Gasteiger charge is 2.46. The first-order valence-electron chi connectivity index (χ1n) is 5.82. The van der Waals surface area contributed by atoms with E-state index in [4.69, 9.17) is 0 Å². The second-order valence-corrected chi connectivity index (χ2v) is 5.53. The lowest BCUT2D eigenvalue weighted by molar-refractivity contribution is -0.0794. The van der Waals surface area contributed by atoms with Crippen LogP contribution in [-0.4, -0.2) is 47.6 Å². The molecule has 0 unspecified atom stereocenters.